The van der Waals surface area contributed by atoms with E-state index >= 15 is 0 Å². The average molecular weight is 343 g/mol. The molecule has 26 heavy (non-hydrogen) atoms. The number of benzene rings is 1. The van der Waals surface area contributed by atoms with Crippen molar-refractivity contribution in [3.05, 3.63) is 75.6 Å². The highest BCUT2D eigenvalue weighted by Gasteiger charge is 2.17. The summed E-state index contributed by atoms with van der Waals surface area (Å²) in [5.74, 6) is 0.677. The first kappa shape index (κ1) is 17.6. The van der Waals surface area contributed by atoms with Crippen molar-refractivity contribution >= 4 is 17.0 Å². The quantitative estimate of drug-likeness (QED) is 0.556. The number of nitrogens with zero attached hydrogens (tertiary/aromatic N) is 3. The van der Waals surface area contributed by atoms with E-state index in [1.807, 2.05) is 25.1 Å². The molecule has 1 aromatic carbocycles. The molecule has 1 unspecified atom stereocenters. The smallest absolute Gasteiger partial charge is 0.265 e. The molecule has 0 bridgehead atoms. The molecule has 0 spiro atoms. The minimum absolute atomic E-state index is 0.0544. The molecule has 3 rings (SSSR count). The van der Waals surface area contributed by atoms with Gasteiger partial charge in [-0.2, -0.15) is 0 Å². The highest BCUT2D eigenvalue weighted by molar-refractivity contribution is 5.87. The fourth-order valence-electron chi connectivity index (χ4n) is 3.33. The van der Waals surface area contributed by atoms with Crippen LogP contribution in [0, 0.1) is 31.8 Å². The summed E-state index contributed by atoms with van der Waals surface area (Å²) in [7, 11) is 2.08. The molecule has 0 fully saturated rings. The molecular formula is C22H21N3O. The number of nitriles is 1. The fraction of sp³-hybridized carbons (Fsp3) is 0.273. The third kappa shape index (κ3) is 3.15. The van der Waals surface area contributed by atoms with Crippen LogP contribution < -0.4 is 0 Å². The lowest BCUT2D eigenvalue weighted by Gasteiger charge is -2.22. The van der Waals surface area contributed by atoms with E-state index in [-0.39, 0.29) is 11.8 Å². The van der Waals surface area contributed by atoms with Gasteiger partial charge in [0.2, 0.25) is 0 Å². The number of ether oxygens (including phenoxy) is 1. The summed E-state index contributed by atoms with van der Waals surface area (Å²) >= 11 is 0. The van der Waals surface area contributed by atoms with E-state index in [0.29, 0.717) is 12.2 Å². The van der Waals surface area contributed by atoms with Gasteiger partial charge in [-0.25, -0.2) is 10.1 Å². The third-order valence-electron chi connectivity index (χ3n) is 4.95. The second-order valence-electron chi connectivity index (χ2n) is 6.66. The van der Waals surface area contributed by atoms with Gasteiger partial charge < -0.3 is 9.30 Å². The van der Waals surface area contributed by atoms with E-state index in [9.17, 15) is 0 Å². The number of hydrogen-bond acceptors (Lipinski definition) is 2. The zero-order chi connectivity index (χ0) is 18.8. The van der Waals surface area contributed by atoms with Crippen LogP contribution in [0.4, 0.5) is 0 Å². The van der Waals surface area contributed by atoms with Crippen LogP contribution in [0.5, 0.6) is 0 Å². The van der Waals surface area contributed by atoms with Crippen molar-refractivity contribution in [2.75, 3.05) is 0 Å². The SMILES string of the molecule is [C-]#[N+]C(C#N)=C1C=C(C=Cc2ccc3c(c2)c(C)c(C)n3C)OC(C)C1. The van der Waals surface area contributed by atoms with Crippen LogP contribution in [0.1, 0.15) is 30.2 Å². The lowest BCUT2D eigenvalue weighted by atomic mass is 10.0. The first-order valence-corrected chi connectivity index (χ1v) is 8.57. The normalized spacial score (nSPS) is 19.0. The molecule has 0 N–H and O–H groups in total. The second kappa shape index (κ2) is 6.94. The summed E-state index contributed by atoms with van der Waals surface area (Å²) in [5, 5.41) is 10.3. The maximum Gasteiger partial charge on any atom is 0.265 e. The Morgan fingerprint density at radius 1 is 1.38 bits per heavy atom. The Bertz CT molecular complexity index is 1040. The molecule has 0 saturated heterocycles. The topological polar surface area (TPSA) is 42.3 Å². The van der Waals surface area contributed by atoms with E-state index in [1.165, 1.54) is 22.2 Å². The molecule has 1 aliphatic heterocycles. The Morgan fingerprint density at radius 3 is 2.85 bits per heavy atom. The van der Waals surface area contributed by atoms with E-state index in [2.05, 4.69) is 48.5 Å². The summed E-state index contributed by atoms with van der Waals surface area (Å²) in [6.45, 7) is 13.4. The van der Waals surface area contributed by atoms with Crippen LogP contribution in [0.15, 0.2) is 47.4 Å². The average Bonchev–Trinajstić information content (AvgIpc) is 2.85. The lowest BCUT2D eigenvalue weighted by Crippen LogP contribution is -2.13. The number of allylic oxidation sites excluding steroid dienone is 3. The van der Waals surface area contributed by atoms with Crippen molar-refractivity contribution in [1.29, 1.82) is 5.26 Å². The minimum Gasteiger partial charge on any atom is -0.490 e. The molecule has 0 radical (unpaired) electrons. The molecule has 4 heteroatoms. The van der Waals surface area contributed by atoms with Gasteiger partial charge in [0.1, 0.15) is 5.76 Å². The van der Waals surface area contributed by atoms with Crippen LogP contribution in [-0.4, -0.2) is 10.7 Å². The summed E-state index contributed by atoms with van der Waals surface area (Å²) in [5.41, 5.74) is 5.75. The van der Waals surface area contributed by atoms with Gasteiger partial charge in [0.25, 0.3) is 5.70 Å². The fourth-order valence-corrected chi connectivity index (χ4v) is 3.33. The van der Waals surface area contributed by atoms with Crippen molar-refractivity contribution in [3.8, 4) is 6.07 Å². The van der Waals surface area contributed by atoms with E-state index < -0.39 is 0 Å². The molecule has 2 heterocycles. The summed E-state index contributed by atoms with van der Waals surface area (Å²) in [6.07, 6.45) is 6.23. The molecule has 0 aliphatic carbocycles. The van der Waals surface area contributed by atoms with Crippen LogP contribution in [-0.2, 0) is 11.8 Å². The number of fused-ring (bicyclic) bond motifs is 1. The Balaban J connectivity index is 1.96. The van der Waals surface area contributed by atoms with Crippen LogP contribution in [0.2, 0.25) is 0 Å². The lowest BCUT2D eigenvalue weighted by molar-refractivity contribution is 0.133. The van der Waals surface area contributed by atoms with Crippen LogP contribution >= 0.6 is 0 Å². The Hall–Kier alpha value is -3.24. The maximum atomic E-state index is 9.10. The molecule has 1 aliphatic rings. The van der Waals surface area contributed by atoms with E-state index in [1.54, 1.807) is 6.08 Å². The van der Waals surface area contributed by atoms with Crippen molar-refractivity contribution in [2.24, 2.45) is 7.05 Å². The standard InChI is InChI=1S/C22H21N3O/c1-14-10-18(21(13-23)24-4)12-19(26-14)8-6-17-7-9-22-20(11-17)15(2)16(3)25(22)5/h6-9,11-12,14H,10H2,1-3,5H3. The summed E-state index contributed by atoms with van der Waals surface area (Å²) < 4.78 is 8.04. The van der Waals surface area contributed by atoms with Gasteiger partial charge in [-0.05, 0) is 61.8 Å². The minimum atomic E-state index is -0.0544. The molecule has 2 aromatic rings. The highest BCUT2D eigenvalue weighted by atomic mass is 16.5. The Labute approximate surface area is 154 Å². The van der Waals surface area contributed by atoms with Gasteiger partial charge in [0.15, 0.2) is 0 Å². The molecule has 0 saturated carbocycles. The van der Waals surface area contributed by atoms with Gasteiger partial charge in [-0.1, -0.05) is 12.1 Å². The number of hydrogen-bond donors (Lipinski definition) is 0. The van der Waals surface area contributed by atoms with Crippen molar-refractivity contribution in [2.45, 2.75) is 33.3 Å². The van der Waals surface area contributed by atoms with Gasteiger partial charge in [0.05, 0.1) is 18.7 Å². The molecule has 0 amide bonds. The first-order chi connectivity index (χ1) is 12.4. The van der Waals surface area contributed by atoms with Crippen LogP contribution in [0.3, 0.4) is 0 Å². The molecule has 1 aromatic heterocycles. The van der Waals surface area contributed by atoms with Gasteiger partial charge >= 0.3 is 0 Å². The predicted molar refractivity (Wildman–Crippen MR) is 104 cm³/mol. The van der Waals surface area contributed by atoms with E-state index in [0.717, 1.165) is 11.1 Å². The first-order valence-electron chi connectivity index (χ1n) is 8.57. The summed E-state index contributed by atoms with van der Waals surface area (Å²) in [6, 6.07) is 8.36. The van der Waals surface area contributed by atoms with Gasteiger partial charge in [0, 0.05) is 30.1 Å². The number of rotatable bonds is 2. The van der Waals surface area contributed by atoms with E-state index in [4.69, 9.17) is 16.6 Å². The van der Waals surface area contributed by atoms with Crippen LogP contribution in [0.25, 0.3) is 21.8 Å². The van der Waals surface area contributed by atoms with Crippen molar-refractivity contribution in [1.82, 2.24) is 4.57 Å². The molecule has 1 atom stereocenters. The number of aryl methyl sites for hydroxylation is 2. The van der Waals surface area contributed by atoms with Crippen molar-refractivity contribution < 1.29 is 4.74 Å². The monoisotopic (exact) mass is 343 g/mol. The predicted octanol–water partition coefficient (Wildman–Crippen LogP) is 5.20. The zero-order valence-electron chi connectivity index (χ0n) is 15.5. The largest absolute Gasteiger partial charge is 0.490 e. The summed E-state index contributed by atoms with van der Waals surface area (Å²) in [4.78, 5) is 3.31. The Kier molecular flexibility index (Phi) is 4.69. The molecular weight excluding hydrogens is 322 g/mol. The van der Waals surface area contributed by atoms with Gasteiger partial charge in [-0.3, -0.25) is 0 Å². The Morgan fingerprint density at radius 2 is 2.15 bits per heavy atom. The third-order valence-corrected chi connectivity index (χ3v) is 4.95. The molecule has 130 valence electrons. The highest BCUT2D eigenvalue weighted by Crippen LogP contribution is 2.28. The zero-order valence-corrected chi connectivity index (χ0v) is 15.5. The van der Waals surface area contributed by atoms with Crippen molar-refractivity contribution in [3.63, 3.8) is 0 Å². The maximum absolute atomic E-state index is 9.10. The number of aromatic nitrogens is 1. The second-order valence-corrected chi connectivity index (χ2v) is 6.66. The molecule has 4 nitrogen and oxygen atoms in total. The van der Waals surface area contributed by atoms with Gasteiger partial charge in [-0.15, -0.1) is 0 Å².